The van der Waals surface area contributed by atoms with Gasteiger partial charge in [0.25, 0.3) is 5.91 Å². The van der Waals surface area contributed by atoms with Gasteiger partial charge in [0.2, 0.25) is 0 Å². The molecule has 0 radical (unpaired) electrons. The molecule has 0 aliphatic carbocycles. The van der Waals surface area contributed by atoms with E-state index in [1.165, 1.54) is 0 Å². The molecule has 5 nitrogen and oxygen atoms in total. The van der Waals surface area contributed by atoms with Crippen LogP contribution in [0.2, 0.25) is 0 Å². The fourth-order valence-electron chi connectivity index (χ4n) is 2.81. The Morgan fingerprint density at radius 3 is 2.70 bits per heavy atom. The highest BCUT2D eigenvalue weighted by Crippen LogP contribution is 2.22. The molecule has 2 atom stereocenters. The summed E-state index contributed by atoms with van der Waals surface area (Å²) < 4.78 is 5.66. The Morgan fingerprint density at radius 1 is 1.35 bits per heavy atom. The van der Waals surface area contributed by atoms with Crippen LogP contribution in [0.1, 0.15) is 24.3 Å². The van der Waals surface area contributed by atoms with Gasteiger partial charge in [0.1, 0.15) is 5.69 Å². The highest BCUT2D eigenvalue weighted by molar-refractivity contribution is 6.00. The number of fused-ring (bicyclic) bond motifs is 1. The minimum atomic E-state index is 0.00241. The van der Waals surface area contributed by atoms with Crippen LogP contribution in [-0.4, -0.2) is 41.1 Å². The van der Waals surface area contributed by atoms with Crippen molar-refractivity contribution in [3.63, 3.8) is 0 Å². The van der Waals surface area contributed by atoms with E-state index in [1.807, 2.05) is 43.0 Å². The second kappa shape index (κ2) is 4.83. The van der Waals surface area contributed by atoms with E-state index in [4.69, 9.17) is 10.5 Å². The first kappa shape index (κ1) is 13.0. The lowest BCUT2D eigenvalue weighted by molar-refractivity contribution is -0.0587. The molecule has 0 spiro atoms. The Morgan fingerprint density at radius 2 is 2.05 bits per heavy atom. The molecular weight excluding hydrogens is 254 g/mol. The number of anilines is 1. The van der Waals surface area contributed by atoms with Crippen LogP contribution in [0.3, 0.4) is 0 Å². The maximum atomic E-state index is 12.6. The number of hydrogen-bond donors (Lipinski definition) is 2. The third-order valence-corrected chi connectivity index (χ3v) is 3.63. The Balaban J connectivity index is 1.90. The van der Waals surface area contributed by atoms with E-state index in [1.54, 1.807) is 0 Å². The molecule has 0 unspecified atom stereocenters. The number of aromatic amines is 1. The van der Waals surface area contributed by atoms with Crippen molar-refractivity contribution in [2.45, 2.75) is 26.1 Å². The molecule has 3 rings (SSSR count). The van der Waals surface area contributed by atoms with E-state index in [0.29, 0.717) is 24.5 Å². The van der Waals surface area contributed by atoms with Crippen LogP contribution in [0.5, 0.6) is 0 Å². The van der Waals surface area contributed by atoms with Crippen molar-refractivity contribution in [1.29, 1.82) is 0 Å². The molecule has 106 valence electrons. The normalized spacial score (nSPS) is 23.2. The van der Waals surface area contributed by atoms with Crippen molar-refractivity contribution in [2.75, 3.05) is 18.8 Å². The fraction of sp³-hybridized carbons (Fsp3) is 0.400. The first-order chi connectivity index (χ1) is 9.54. The molecule has 20 heavy (non-hydrogen) atoms. The number of nitrogens with zero attached hydrogens (tertiary/aromatic N) is 1. The zero-order chi connectivity index (χ0) is 14.3. The number of para-hydroxylation sites is 1. The number of rotatable bonds is 1. The Bertz CT molecular complexity index is 640. The number of carbonyl (C=O) groups is 1. The van der Waals surface area contributed by atoms with Gasteiger partial charge in [0.05, 0.1) is 23.4 Å². The molecule has 2 heterocycles. The maximum absolute atomic E-state index is 12.6. The summed E-state index contributed by atoms with van der Waals surface area (Å²) in [6.45, 7) is 5.21. The third kappa shape index (κ3) is 2.25. The number of nitrogens with two attached hydrogens (primary N) is 1. The minimum Gasteiger partial charge on any atom is -0.397 e. The molecule has 1 fully saturated rings. The molecule has 1 aliphatic rings. The van der Waals surface area contributed by atoms with E-state index in [2.05, 4.69) is 4.98 Å². The van der Waals surface area contributed by atoms with Gasteiger partial charge in [0.15, 0.2) is 0 Å². The fourth-order valence-corrected chi connectivity index (χ4v) is 2.81. The molecule has 1 saturated heterocycles. The van der Waals surface area contributed by atoms with Crippen LogP contribution in [-0.2, 0) is 4.74 Å². The average molecular weight is 273 g/mol. The lowest BCUT2D eigenvalue weighted by atomic mass is 10.2. The number of aromatic nitrogens is 1. The highest BCUT2D eigenvalue weighted by atomic mass is 16.5. The summed E-state index contributed by atoms with van der Waals surface area (Å²) in [4.78, 5) is 17.5. The smallest absolute Gasteiger partial charge is 0.270 e. The average Bonchev–Trinajstić information content (AvgIpc) is 2.82. The maximum Gasteiger partial charge on any atom is 0.270 e. The molecule has 2 aromatic rings. The summed E-state index contributed by atoms with van der Waals surface area (Å²) in [5.41, 5.74) is 7.98. The lowest BCUT2D eigenvalue weighted by Crippen LogP contribution is -2.48. The quantitative estimate of drug-likeness (QED) is 0.781. The van der Waals surface area contributed by atoms with Crippen LogP contribution in [0.25, 0.3) is 10.9 Å². The predicted octanol–water partition coefficient (Wildman–Crippen LogP) is 2.00. The largest absolute Gasteiger partial charge is 0.397 e. The van der Waals surface area contributed by atoms with Crippen LogP contribution in [0.4, 0.5) is 5.69 Å². The zero-order valence-electron chi connectivity index (χ0n) is 11.7. The summed E-state index contributed by atoms with van der Waals surface area (Å²) >= 11 is 0. The van der Waals surface area contributed by atoms with Crippen LogP contribution >= 0.6 is 0 Å². The molecule has 1 aromatic heterocycles. The molecular formula is C15H19N3O2. The third-order valence-electron chi connectivity index (χ3n) is 3.63. The van der Waals surface area contributed by atoms with Crippen molar-refractivity contribution in [1.82, 2.24) is 9.88 Å². The Labute approximate surface area is 117 Å². The number of nitrogen functional groups attached to an aromatic ring is 1. The Hall–Kier alpha value is -2.01. The molecule has 3 N–H and O–H groups in total. The molecule has 5 heteroatoms. The van der Waals surface area contributed by atoms with Gasteiger partial charge in [-0.25, -0.2) is 0 Å². The predicted molar refractivity (Wildman–Crippen MR) is 78.6 cm³/mol. The van der Waals surface area contributed by atoms with E-state index in [0.717, 1.165) is 10.9 Å². The van der Waals surface area contributed by atoms with Crippen LogP contribution in [0.15, 0.2) is 24.3 Å². The second-order valence-electron chi connectivity index (χ2n) is 5.46. The van der Waals surface area contributed by atoms with Gasteiger partial charge in [0, 0.05) is 18.5 Å². The van der Waals surface area contributed by atoms with Gasteiger partial charge in [-0.05, 0) is 26.0 Å². The van der Waals surface area contributed by atoms with Crippen molar-refractivity contribution in [3.05, 3.63) is 30.0 Å². The molecule has 1 aromatic carbocycles. The number of ether oxygens (including phenoxy) is 1. The van der Waals surface area contributed by atoms with E-state index >= 15 is 0 Å². The van der Waals surface area contributed by atoms with Gasteiger partial charge in [-0.2, -0.15) is 0 Å². The van der Waals surface area contributed by atoms with E-state index < -0.39 is 0 Å². The minimum absolute atomic E-state index is 0.00241. The molecule has 1 amide bonds. The van der Waals surface area contributed by atoms with Gasteiger partial charge in [-0.3, -0.25) is 4.79 Å². The lowest BCUT2D eigenvalue weighted by Gasteiger charge is -2.35. The van der Waals surface area contributed by atoms with Gasteiger partial charge < -0.3 is 20.4 Å². The van der Waals surface area contributed by atoms with Gasteiger partial charge in [-0.1, -0.05) is 12.1 Å². The zero-order valence-corrected chi connectivity index (χ0v) is 11.7. The van der Waals surface area contributed by atoms with E-state index in [-0.39, 0.29) is 18.1 Å². The highest BCUT2D eigenvalue weighted by Gasteiger charge is 2.27. The summed E-state index contributed by atoms with van der Waals surface area (Å²) in [6, 6.07) is 7.52. The number of morpholine rings is 1. The van der Waals surface area contributed by atoms with Crippen LogP contribution in [0, 0.1) is 0 Å². The standard InChI is InChI=1S/C15H19N3O2/c1-9-7-18(8-10(2)20-9)15(19)13-6-11-4-3-5-12(16)14(11)17-13/h3-6,9-10,17H,7-8,16H2,1-2H3/t9-,10+. The van der Waals surface area contributed by atoms with E-state index in [9.17, 15) is 4.79 Å². The van der Waals surface area contributed by atoms with Crippen LogP contribution < -0.4 is 5.73 Å². The number of nitrogens with one attached hydrogen (secondary N) is 1. The monoisotopic (exact) mass is 273 g/mol. The molecule has 0 bridgehead atoms. The number of amides is 1. The summed E-state index contributed by atoms with van der Waals surface area (Å²) in [6.07, 6.45) is 0.134. The van der Waals surface area contributed by atoms with Crippen molar-refractivity contribution in [3.8, 4) is 0 Å². The van der Waals surface area contributed by atoms with Crippen molar-refractivity contribution < 1.29 is 9.53 Å². The van der Waals surface area contributed by atoms with Gasteiger partial charge in [-0.15, -0.1) is 0 Å². The topological polar surface area (TPSA) is 71.3 Å². The number of H-pyrrole nitrogens is 1. The Kier molecular flexibility index (Phi) is 3.14. The van der Waals surface area contributed by atoms with Crippen molar-refractivity contribution in [2.24, 2.45) is 0 Å². The van der Waals surface area contributed by atoms with Gasteiger partial charge >= 0.3 is 0 Å². The first-order valence-electron chi connectivity index (χ1n) is 6.86. The number of carbonyl (C=O) groups excluding carboxylic acids is 1. The summed E-state index contributed by atoms with van der Waals surface area (Å²) in [5, 5.41) is 0.961. The second-order valence-corrected chi connectivity index (χ2v) is 5.46. The van der Waals surface area contributed by atoms with Crippen molar-refractivity contribution >= 4 is 22.5 Å². The first-order valence-corrected chi connectivity index (χ1v) is 6.86. The SMILES string of the molecule is C[C@@H]1CN(C(=O)c2cc3cccc(N)c3[nH]2)C[C@H](C)O1. The molecule has 0 saturated carbocycles. The summed E-state index contributed by atoms with van der Waals surface area (Å²) in [7, 11) is 0. The number of benzene rings is 1. The molecule has 1 aliphatic heterocycles. The number of hydrogen-bond acceptors (Lipinski definition) is 3. The summed E-state index contributed by atoms with van der Waals surface area (Å²) in [5.74, 6) is 0.00241.